The fraction of sp³-hybridized carbons (Fsp3) is 0.400. The van der Waals surface area contributed by atoms with E-state index in [1.807, 2.05) is 22.6 Å². The van der Waals surface area contributed by atoms with Crippen molar-refractivity contribution in [2.24, 2.45) is 0 Å². The molecule has 0 radical (unpaired) electrons. The Hall–Kier alpha value is -0.170. The van der Waals surface area contributed by atoms with Gasteiger partial charge in [-0.25, -0.2) is 0 Å². The van der Waals surface area contributed by atoms with E-state index in [-0.39, 0.29) is 5.75 Å². The van der Waals surface area contributed by atoms with Gasteiger partial charge in [-0.1, -0.05) is 12.1 Å². The maximum absolute atomic E-state index is 12.1. The maximum atomic E-state index is 12.1. The third-order valence-electron chi connectivity index (χ3n) is 1.85. The highest BCUT2D eigenvalue weighted by molar-refractivity contribution is 14.1. The van der Waals surface area contributed by atoms with Crippen molar-refractivity contribution >= 4 is 34.2 Å². The smallest absolute Gasteiger partial charge is 0.405 e. The highest BCUT2D eigenvalue weighted by atomic mass is 127. The van der Waals surface area contributed by atoms with Gasteiger partial charge in [-0.05, 0) is 47.1 Å². The predicted octanol–water partition coefficient (Wildman–Crippen LogP) is 4.36. The second-order valence-electron chi connectivity index (χ2n) is 3.07. The summed E-state index contributed by atoms with van der Waals surface area (Å²) in [7, 11) is 0. The molecule has 0 saturated carbocycles. The molecule has 1 nitrogen and oxygen atoms in total. The molecule has 16 heavy (non-hydrogen) atoms. The van der Waals surface area contributed by atoms with Crippen molar-refractivity contribution < 1.29 is 17.9 Å². The van der Waals surface area contributed by atoms with Crippen LogP contribution in [0.2, 0.25) is 0 Å². The van der Waals surface area contributed by atoms with Gasteiger partial charge in [0.05, 0.1) is 3.57 Å². The van der Waals surface area contributed by atoms with Crippen molar-refractivity contribution in [2.75, 3.05) is 5.88 Å². The van der Waals surface area contributed by atoms with Crippen LogP contribution < -0.4 is 4.74 Å². The van der Waals surface area contributed by atoms with Crippen LogP contribution in [0.1, 0.15) is 12.0 Å². The largest absolute Gasteiger partial charge is 0.573 e. The molecule has 0 heterocycles. The molecule has 0 bridgehead atoms. The minimum atomic E-state index is -4.65. The van der Waals surface area contributed by atoms with E-state index in [0.717, 1.165) is 12.0 Å². The SMILES string of the molecule is FC(F)(F)Oc1cccc(CCCCl)c1I. The summed E-state index contributed by atoms with van der Waals surface area (Å²) in [5.74, 6) is 0.334. The van der Waals surface area contributed by atoms with Crippen LogP contribution in [0.3, 0.4) is 0 Å². The normalized spacial score (nSPS) is 11.6. The topological polar surface area (TPSA) is 9.23 Å². The third kappa shape index (κ3) is 4.37. The zero-order valence-corrected chi connectivity index (χ0v) is 11.1. The first-order chi connectivity index (χ1) is 7.44. The minimum Gasteiger partial charge on any atom is -0.405 e. The van der Waals surface area contributed by atoms with Crippen molar-refractivity contribution in [1.82, 2.24) is 0 Å². The van der Waals surface area contributed by atoms with Gasteiger partial charge in [0.2, 0.25) is 0 Å². The Balaban J connectivity index is 2.86. The molecule has 1 rings (SSSR count). The van der Waals surface area contributed by atoms with Crippen LogP contribution in [-0.2, 0) is 6.42 Å². The van der Waals surface area contributed by atoms with E-state index in [1.165, 1.54) is 6.07 Å². The molecule has 1 aromatic carbocycles. The van der Waals surface area contributed by atoms with E-state index in [0.29, 0.717) is 15.9 Å². The van der Waals surface area contributed by atoms with Crippen molar-refractivity contribution in [1.29, 1.82) is 0 Å². The number of hydrogen-bond acceptors (Lipinski definition) is 1. The molecule has 0 amide bonds. The zero-order valence-electron chi connectivity index (χ0n) is 8.15. The van der Waals surface area contributed by atoms with Gasteiger partial charge in [-0.3, -0.25) is 0 Å². The molecule has 6 heteroatoms. The number of rotatable bonds is 4. The minimum absolute atomic E-state index is 0.153. The highest BCUT2D eigenvalue weighted by Crippen LogP contribution is 2.30. The van der Waals surface area contributed by atoms with Crippen LogP contribution in [-0.4, -0.2) is 12.2 Å². The van der Waals surface area contributed by atoms with Gasteiger partial charge in [0, 0.05) is 5.88 Å². The molecule has 1 aromatic rings. The highest BCUT2D eigenvalue weighted by Gasteiger charge is 2.32. The molecular formula is C10H9ClF3IO. The molecule has 0 aliphatic carbocycles. The Kier molecular flexibility index (Phi) is 5.17. The first-order valence-corrected chi connectivity index (χ1v) is 6.14. The van der Waals surface area contributed by atoms with Crippen molar-refractivity contribution in [3.8, 4) is 5.75 Å². The first kappa shape index (κ1) is 13.9. The lowest BCUT2D eigenvalue weighted by atomic mass is 10.1. The fourth-order valence-corrected chi connectivity index (χ4v) is 2.08. The van der Waals surface area contributed by atoms with Gasteiger partial charge >= 0.3 is 6.36 Å². The molecule has 0 unspecified atom stereocenters. The number of benzene rings is 1. The lowest BCUT2D eigenvalue weighted by molar-refractivity contribution is -0.275. The van der Waals surface area contributed by atoms with E-state index in [2.05, 4.69) is 4.74 Å². The Morgan fingerprint density at radius 1 is 1.31 bits per heavy atom. The monoisotopic (exact) mass is 364 g/mol. The van der Waals surface area contributed by atoms with Crippen LogP contribution in [0.5, 0.6) is 5.75 Å². The summed E-state index contributed by atoms with van der Waals surface area (Å²) in [5.41, 5.74) is 0.822. The second kappa shape index (κ2) is 5.95. The molecule has 90 valence electrons. The quantitative estimate of drug-likeness (QED) is 0.570. The van der Waals surface area contributed by atoms with Gasteiger partial charge < -0.3 is 4.74 Å². The Labute approximate surface area is 110 Å². The van der Waals surface area contributed by atoms with E-state index in [1.54, 1.807) is 12.1 Å². The summed E-state index contributed by atoms with van der Waals surface area (Å²) >= 11 is 7.39. The predicted molar refractivity (Wildman–Crippen MR) is 64.9 cm³/mol. The van der Waals surface area contributed by atoms with Crippen molar-refractivity contribution in [3.63, 3.8) is 0 Å². The summed E-state index contributed by atoms with van der Waals surface area (Å²) in [6.45, 7) is 0. The van der Waals surface area contributed by atoms with Gasteiger partial charge in [-0.2, -0.15) is 0 Å². The van der Waals surface area contributed by atoms with E-state index in [9.17, 15) is 13.2 Å². The summed E-state index contributed by atoms with van der Waals surface area (Å²) in [4.78, 5) is 0. The molecule has 0 fully saturated rings. The maximum Gasteiger partial charge on any atom is 0.573 e. The van der Waals surface area contributed by atoms with E-state index >= 15 is 0 Å². The molecule has 0 aromatic heterocycles. The van der Waals surface area contributed by atoms with Gasteiger partial charge in [-0.15, -0.1) is 24.8 Å². The number of alkyl halides is 4. The van der Waals surface area contributed by atoms with Crippen LogP contribution >= 0.6 is 34.2 Å². The first-order valence-electron chi connectivity index (χ1n) is 4.53. The Morgan fingerprint density at radius 3 is 2.56 bits per heavy atom. The van der Waals surface area contributed by atoms with Gasteiger partial charge in [0.1, 0.15) is 5.75 Å². The Morgan fingerprint density at radius 2 is 2.00 bits per heavy atom. The molecular weight excluding hydrogens is 355 g/mol. The van der Waals surface area contributed by atoms with E-state index in [4.69, 9.17) is 11.6 Å². The molecule has 0 saturated heterocycles. The second-order valence-corrected chi connectivity index (χ2v) is 4.53. The molecule has 0 spiro atoms. The fourth-order valence-electron chi connectivity index (χ4n) is 1.21. The van der Waals surface area contributed by atoms with Crippen LogP contribution in [0.25, 0.3) is 0 Å². The molecule has 0 atom stereocenters. The summed E-state index contributed by atoms with van der Waals surface area (Å²) < 4.78 is 40.6. The number of hydrogen-bond donors (Lipinski definition) is 0. The van der Waals surface area contributed by atoms with Crippen LogP contribution in [0.4, 0.5) is 13.2 Å². The van der Waals surface area contributed by atoms with Crippen LogP contribution in [0, 0.1) is 3.57 Å². The Bertz CT molecular complexity index is 354. The molecule has 0 N–H and O–H groups in total. The summed E-state index contributed by atoms with van der Waals surface area (Å²) in [6.07, 6.45) is -3.27. The number of ether oxygens (including phenoxy) is 1. The zero-order chi connectivity index (χ0) is 12.2. The standard InChI is InChI=1S/C10H9ClF3IO/c11-6-2-4-7-3-1-5-8(9(7)15)16-10(12,13)14/h1,3,5H,2,4,6H2. The van der Waals surface area contributed by atoms with Crippen LogP contribution in [0.15, 0.2) is 18.2 Å². The third-order valence-corrected chi connectivity index (χ3v) is 3.34. The average molecular weight is 365 g/mol. The average Bonchev–Trinajstić information content (AvgIpc) is 2.17. The summed E-state index contributed by atoms with van der Waals surface area (Å²) in [5, 5.41) is 0. The van der Waals surface area contributed by atoms with E-state index < -0.39 is 6.36 Å². The van der Waals surface area contributed by atoms with Crippen molar-refractivity contribution in [3.05, 3.63) is 27.3 Å². The molecule has 0 aliphatic rings. The molecule has 0 aliphatic heterocycles. The number of halogens is 5. The lowest BCUT2D eigenvalue weighted by Crippen LogP contribution is -2.18. The van der Waals surface area contributed by atoms with Gasteiger partial charge in [0.25, 0.3) is 0 Å². The van der Waals surface area contributed by atoms with Gasteiger partial charge in [0.15, 0.2) is 0 Å². The summed E-state index contributed by atoms with van der Waals surface area (Å²) in [6, 6.07) is 4.63. The van der Waals surface area contributed by atoms with Crippen molar-refractivity contribution in [2.45, 2.75) is 19.2 Å². The number of aryl methyl sites for hydroxylation is 1. The lowest BCUT2D eigenvalue weighted by Gasteiger charge is -2.12.